The first-order valence-electron chi connectivity index (χ1n) is 5.80. The highest BCUT2D eigenvalue weighted by molar-refractivity contribution is 5.90. The largest absolute Gasteiger partial charge is 0.306 e. The first kappa shape index (κ1) is 11.9. The summed E-state index contributed by atoms with van der Waals surface area (Å²) in [6.07, 6.45) is 5.20. The molecule has 0 radical (unpaired) electrons. The Hall–Kier alpha value is -1.62. The zero-order valence-electron chi connectivity index (χ0n) is 10.1. The molecule has 0 spiro atoms. The van der Waals surface area contributed by atoms with Crippen molar-refractivity contribution in [1.82, 2.24) is 9.99 Å². The Balaban J connectivity index is 2.18. The number of nitrogens with one attached hydrogen (secondary N) is 1. The summed E-state index contributed by atoms with van der Waals surface area (Å²) in [6, 6.07) is 1.38. The van der Waals surface area contributed by atoms with Crippen LogP contribution in [0.2, 0.25) is 0 Å². The third-order valence-electron chi connectivity index (χ3n) is 3.12. The number of aryl methyl sites for hydroxylation is 1. The molecule has 2 heterocycles. The van der Waals surface area contributed by atoms with E-state index < -0.39 is 0 Å². The zero-order valence-corrected chi connectivity index (χ0v) is 10.1. The van der Waals surface area contributed by atoms with E-state index in [1.165, 1.54) is 11.1 Å². The fourth-order valence-electron chi connectivity index (χ4n) is 2.00. The van der Waals surface area contributed by atoms with E-state index in [1.54, 1.807) is 31.0 Å². The van der Waals surface area contributed by atoms with E-state index in [9.17, 15) is 9.59 Å². The van der Waals surface area contributed by atoms with Gasteiger partial charge in [-0.3, -0.25) is 19.3 Å². The van der Waals surface area contributed by atoms with E-state index in [0.29, 0.717) is 5.56 Å². The number of amides is 1. The van der Waals surface area contributed by atoms with Crippen LogP contribution in [0.5, 0.6) is 0 Å². The normalized spacial score (nSPS) is 19.3. The smallest absolute Gasteiger partial charge is 0.258 e. The highest BCUT2D eigenvalue weighted by Gasteiger charge is 2.25. The molecule has 0 saturated carbocycles. The third kappa shape index (κ3) is 2.39. The maximum atomic E-state index is 12.1. The summed E-state index contributed by atoms with van der Waals surface area (Å²) in [5, 5.41) is 4.70. The molecule has 0 aromatic carbocycles. The Kier molecular flexibility index (Phi) is 3.28. The molecule has 1 aliphatic heterocycles. The minimum Gasteiger partial charge on any atom is -0.306 e. The van der Waals surface area contributed by atoms with Crippen LogP contribution in [-0.2, 0) is 4.79 Å². The number of nitrogens with zero attached hydrogens (tertiary/aromatic N) is 2. The number of hydrogen-bond donors (Lipinski definition) is 1. The molecule has 17 heavy (non-hydrogen) atoms. The van der Waals surface area contributed by atoms with E-state index in [-0.39, 0.29) is 17.4 Å². The number of hydrogen-bond acceptors (Lipinski definition) is 3. The fourth-order valence-corrected chi connectivity index (χ4v) is 2.00. The van der Waals surface area contributed by atoms with E-state index in [4.69, 9.17) is 0 Å². The van der Waals surface area contributed by atoms with Crippen LogP contribution in [0.4, 0.5) is 0 Å². The molecule has 1 atom stereocenters. The second-order valence-corrected chi connectivity index (χ2v) is 4.38. The number of carbonyl (C=O) groups is 1. The Morgan fingerprint density at radius 3 is 2.94 bits per heavy atom. The van der Waals surface area contributed by atoms with Crippen molar-refractivity contribution in [2.24, 2.45) is 0 Å². The van der Waals surface area contributed by atoms with Crippen molar-refractivity contribution in [2.75, 3.05) is 18.6 Å². The van der Waals surface area contributed by atoms with Gasteiger partial charge < -0.3 is 5.32 Å². The summed E-state index contributed by atoms with van der Waals surface area (Å²) in [5.74, 6) is 0.0329. The summed E-state index contributed by atoms with van der Waals surface area (Å²) in [4.78, 5) is 23.4. The van der Waals surface area contributed by atoms with Gasteiger partial charge in [0, 0.05) is 31.1 Å². The van der Waals surface area contributed by atoms with Crippen LogP contribution in [-0.4, -0.2) is 30.2 Å². The molecule has 1 aliphatic rings. The summed E-state index contributed by atoms with van der Waals surface area (Å²) in [7, 11) is 1.71. The van der Waals surface area contributed by atoms with Gasteiger partial charge in [-0.15, -0.1) is 0 Å². The first-order valence-corrected chi connectivity index (χ1v) is 5.80. The minimum atomic E-state index is -0.0975. The highest BCUT2D eigenvalue weighted by atomic mass is 16.2. The summed E-state index contributed by atoms with van der Waals surface area (Å²) < 4.78 is 1.65. The van der Waals surface area contributed by atoms with Crippen LogP contribution in [0, 0.1) is 6.92 Å². The molecule has 0 aliphatic carbocycles. The maximum Gasteiger partial charge on any atom is 0.258 e. The molecule has 92 valence electrons. The third-order valence-corrected chi connectivity index (χ3v) is 3.12. The number of aromatic nitrogens is 1. The van der Waals surface area contributed by atoms with E-state index in [1.807, 2.05) is 0 Å². The molecule has 2 rings (SSSR count). The quantitative estimate of drug-likeness (QED) is 0.785. The van der Waals surface area contributed by atoms with Gasteiger partial charge >= 0.3 is 0 Å². The van der Waals surface area contributed by atoms with Gasteiger partial charge in [0.2, 0.25) is 0 Å². The highest BCUT2D eigenvalue weighted by Crippen LogP contribution is 2.07. The number of carbonyl (C=O) groups excluding carboxylic acids is 1. The molecule has 1 amide bonds. The van der Waals surface area contributed by atoms with Gasteiger partial charge in [0.05, 0.1) is 6.04 Å². The average Bonchev–Trinajstić information content (AvgIpc) is 2.84. The summed E-state index contributed by atoms with van der Waals surface area (Å²) >= 11 is 0. The standard InChI is InChI=1S/C12H17N3O2/c1-9-8-15(7-5-11(9)16)14(2)12(17)10-4-3-6-13-10/h5,7-8,10,13H,3-4,6H2,1-2H3/t10-/m1/s1. The zero-order chi connectivity index (χ0) is 12.4. The van der Waals surface area contributed by atoms with Gasteiger partial charge in [-0.25, -0.2) is 0 Å². The predicted molar refractivity (Wildman–Crippen MR) is 65.6 cm³/mol. The molecule has 5 heteroatoms. The lowest BCUT2D eigenvalue weighted by Crippen LogP contribution is -2.47. The number of rotatable bonds is 2. The maximum absolute atomic E-state index is 12.1. The van der Waals surface area contributed by atoms with E-state index >= 15 is 0 Å². The van der Waals surface area contributed by atoms with Crippen LogP contribution >= 0.6 is 0 Å². The van der Waals surface area contributed by atoms with E-state index in [2.05, 4.69) is 5.32 Å². The van der Waals surface area contributed by atoms with Crippen molar-refractivity contribution in [3.8, 4) is 0 Å². The lowest BCUT2D eigenvalue weighted by molar-refractivity contribution is -0.121. The molecule has 1 fully saturated rings. The van der Waals surface area contributed by atoms with Crippen LogP contribution in [0.1, 0.15) is 18.4 Å². The Bertz CT molecular complexity index is 475. The lowest BCUT2D eigenvalue weighted by atomic mass is 10.2. The molecule has 0 unspecified atom stereocenters. The van der Waals surface area contributed by atoms with Gasteiger partial charge in [-0.2, -0.15) is 0 Å². The predicted octanol–water partition coefficient (Wildman–Crippen LogP) is 0.00312. The number of likely N-dealkylation sites (N-methyl/N-ethyl adjacent to an activating group) is 1. The Morgan fingerprint density at radius 2 is 2.35 bits per heavy atom. The molecule has 5 nitrogen and oxygen atoms in total. The fraction of sp³-hybridized carbons (Fsp3) is 0.500. The van der Waals surface area contributed by atoms with Crippen molar-refractivity contribution in [3.05, 3.63) is 34.2 Å². The summed E-state index contributed by atoms with van der Waals surface area (Å²) in [6.45, 7) is 2.64. The Labute approximate surface area is 100 Å². The molecular weight excluding hydrogens is 218 g/mol. The first-order chi connectivity index (χ1) is 8.09. The molecule has 1 saturated heterocycles. The van der Waals surface area contributed by atoms with E-state index in [0.717, 1.165) is 19.4 Å². The van der Waals surface area contributed by atoms with Gasteiger partial charge in [0.15, 0.2) is 5.43 Å². The SMILES string of the molecule is Cc1cn(N(C)C(=O)[C@H]2CCCN2)ccc1=O. The molecule has 1 aromatic rings. The molecule has 1 N–H and O–H groups in total. The van der Waals surface area contributed by atoms with Crippen LogP contribution < -0.4 is 15.8 Å². The van der Waals surface area contributed by atoms with Crippen molar-refractivity contribution >= 4 is 5.91 Å². The minimum absolute atomic E-state index is 0.0129. The van der Waals surface area contributed by atoms with Gasteiger partial charge in [-0.1, -0.05) is 0 Å². The van der Waals surface area contributed by atoms with Crippen molar-refractivity contribution in [3.63, 3.8) is 0 Å². The average molecular weight is 235 g/mol. The second-order valence-electron chi connectivity index (χ2n) is 4.38. The van der Waals surface area contributed by atoms with Gasteiger partial charge in [-0.05, 0) is 26.3 Å². The lowest BCUT2D eigenvalue weighted by Gasteiger charge is -2.23. The van der Waals surface area contributed by atoms with Crippen LogP contribution in [0.25, 0.3) is 0 Å². The van der Waals surface area contributed by atoms with Gasteiger partial charge in [0.1, 0.15) is 0 Å². The monoisotopic (exact) mass is 235 g/mol. The van der Waals surface area contributed by atoms with Crippen LogP contribution in [0.15, 0.2) is 23.3 Å². The molecule has 0 bridgehead atoms. The topological polar surface area (TPSA) is 54.3 Å². The van der Waals surface area contributed by atoms with Gasteiger partial charge in [0.25, 0.3) is 5.91 Å². The second kappa shape index (κ2) is 4.71. The molecular formula is C12H17N3O2. The van der Waals surface area contributed by atoms with Crippen LogP contribution in [0.3, 0.4) is 0 Å². The van der Waals surface area contributed by atoms with Crippen molar-refractivity contribution < 1.29 is 4.79 Å². The van der Waals surface area contributed by atoms with Crippen molar-refractivity contribution in [2.45, 2.75) is 25.8 Å². The summed E-state index contributed by atoms with van der Waals surface area (Å²) in [5.41, 5.74) is 0.618. The Morgan fingerprint density at radius 1 is 1.59 bits per heavy atom. The van der Waals surface area contributed by atoms with Crippen molar-refractivity contribution in [1.29, 1.82) is 0 Å². The molecule has 1 aromatic heterocycles. The number of pyridine rings is 1.